The third kappa shape index (κ3) is 5.41. The highest BCUT2D eigenvalue weighted by Crippen LogP contribution is 2.28. The quantitative estimate of drug-likeness (QED) is 0.386. The summed E-state index contributed by atoms with van der Waals surface area (Å²) in [4.78, 5) is 12.1. The standard InChI is InChI=1S/C17H15IN4OS2/c1-11-5-4-6-12(9-11)19-16-21-22-17(25-16)24-10-15(23)20-14-8-3-2-7-13(14)18/h2-9H,10H2,1H3,(H,19,21)(H,20,23). The third-order valence-electron chi connectivity index (χ3n) is 3.15. The lowest BCUT2D eigenvalue weighted by atomic mass is 10.2. The maximum atomic E-state index is 12.1. The second kappa shape index (κ2) is 8.63. The van der Waals surface area contributed by atoms with Crippen LogP contribution in [0.25, 0.3) is 0 Å². The number of amides is 1. The summed E-state index contributed by atoms with van der Waals surface area (Å²) in [5.41, 5.74) is 2.98. The number of aryl methyl sites for hydroxylation is 1. The summed E-state index contributed by atoms with van der Waals surface area (Å²) < 4.78 is 1.77. The van der Waals surface area contributed by atoms with E-state index in [1.807, 2.05) is 55.5 Å². The van der Waals surface area contributed by atoms with Crippen LogP contribution in [0.5, 0.6) is 0 Å². The Balaban J connectivity index is 1.53. The van der Waals surface area contributed by atoms with Crippen molar-refractivity contribution in [2.75, 3.05) is 16.4 Å². The molecule has 0 radical (unpaired) electrons. The van der Waals surface area contributed by atoms with Gasteiger partial charge in [0.15, 0.2) is 4.34 Å². The normalized spacial score (nSPS) is 10.5. The zero-order valence-corrected chi connectivity index (χ0v) is 17.1. The monoisotopic (exact) mass is 482 g/mol. The molecule has 8 heteroatoms. The summed E-state index contributed by atoms with van der Waals surface area (Å²) in [6, 6.07) is 15.7. The van der Waals surface area contributed by atoms with Gasteiger partial charge in [0.2, 0.25) is 11.0 Å². The minimum Gasteiger partial charge on any atom is -0.330 e. The van der Waals surface area contributed by atoms with E-state index in [-0.39, 0.29) is 5.91 Å². The first-order chi connectivity index (χ1) is 12.1. The Morgan fingerprint density at radius 3 is 2.84 bits per heavy atom. The first-order valence-electron chi connectivity index (χ1n) is 7.44. The number of aromatic nitrogens is 2. The summed E-state index contributed by atoms with van der Waals surface area (Å²) >= 11 is 5.01. The number of carbonyl (C=O) groups is 1. The molecule has 2 N–H and O–H groups in total. The molecule has 0 saturated carbocycles. The van der Waals surface area contributed by atoms with Crippen LogP contribution in [-0.2, 0) is 4.79 Å². The lowest BCUT2D eigenvalue weighted by molar-refractivity contribution is -0.113. The molecule has 0 aliphatic rings. The minimum atomic E-state index is -0.0579. The van der Waals surface area contributed by atoms with Crippen LogP contribution in [0.15, 0.2) is 52.9 Å². The summed E-state index contributed by atoms with van der Waals surface area (Å²) in [6.45, 7) is 2.04. The summed E-state index contributed by atoms with van der Waals surface area (Å²) in [5, 5.41) is 15.1. The number of para-hydroxylation sites is 1. The van der Waals surface area contributed by atoms with Gasteiger partial charge in [0.1, 0.15) is 0 Å². The second-order valence-electron chi connectivity index (χ2n) is 5.18. The molecular weight excluding hydrogens is 467 g/mol. The molecule has 5 nitrogen and oxygen atoms in total. The number of carbonyl (C=O) groups excluding carboxylic acids is 1. The van der Waals surface area contributed by atoms with E-state index in [0.717, 1.165) is 19.3 Å². The topological polar surface area (TPSA) is 66.9 Å². The zero-order chi connectivity index (χ0) is 17.6. The third-order valence-corrected chi connectivity index (χ3v) is 6.06. The van der Waals surface area contributed by atoms with E-state index >= 15 is 0 Å². The van der Waals surface area contributed by atoms with Crippen molar-refractivity contribution in [3.05, 3.63) is 57.7 Å². The summed E-state index contributed by atoms with van der Waals surface area (Å²) in [5.74, 6) is 0.238. The van der Waals surface area contributed by atoms with E-state index < -0.39 is 0 Å². The average Bonchev–Trinajstić information content (AvgIpc) is 3.03. The number of thioether (sulfide) groups is 1. The fourth-order valence-corrected chi connectivity index (χ4v) is 4.14. The lowest BCUT2D eigenvalue weighted by Gasteiger charge is -2.05. The first-order valence-corrected chi connectivity index (χ1v) is 10.3. The van der Waals surface area contributed by atoms with E-state index in [2.05, 4.69) is 43.4 Å². The molecule has 0 atom stereocenters. The first kappa shape index (κ1) is 18.2. The summed E-state index contributed by atoms with van der Waals surface area (Å²) in [6.07, 6.45) is 0. The van der Waals surface area contributed by atoms with Crippen molar-refractivity contribution in [1.82, 2.24) is 10.2 Å². The summed E-state index contributed by atoms with van der Waals surface area (Å²) in [7, 11) is 0. The minimum absolute atomic E-state index is 0.0579. The Hall–Kier alpha value is -1.65. The number of benzene rings is 2. The van der Waals surface area contributed by atoms with Crippen LogP contribution in [0.3, 0.4) is 0 Å². The van der Waals surface area contributed by atoms with E-state index in [1.165, 1.54) is 28.7 Å². The van der Waals surface area contributed by atoms with Crippen LogP contribution in [0.2, 0.25) is 0 Å². The SMILES string of the molecule is Cc1cccc(Nc2nnc(SCC(=O)Nc3ccccc3I)s2)c1. The van der Waals surface area contributed by atoms with Gasteiger partial charge < -0.3 is 10.6 Å². The van der Waals surface area contributed by atoms with Crippen molar-refractivity contribution in [1.29, 1.82) is 0 Å². The number of anilines is 3. The molecule has 0 spiro atoms. The van der Waals surface area contributed by atoms with Crippen molar-refractivity contribution in [2.24, 2.45) is 0 Å². The van der Waals surface area contributed by atoms with Crippen molar-refractivity contribution >= 4 is 68.1 Å². The van der Waals surface area contributed by atoms with Crippen LogP contribution < -0.4 is 10.6 Å². The highest BCUT2D eigenvalue weighted by molar-refractivity contribution is 14.1. The Morgan fingerprint density at radius 1 is 1.20 bits per heavy atom. The van der Waals surface area contributed by atoms with E-state index in [1.54, 1.807) is 0 Å². The van der Waals surface area contributed by atoms with Crippen LogP contribution in [0, 0.1) is 10.5 Å². The number of nitrogens with zero attached hydrogens (tertiary/aromatic N) is 2. The molecule has 0 fully saturated rings. The molecule has 1 amide bonds. The largest absolute Gasteiger partial charge is 0.330 e. The van der Waals surface area contributed by atoms with E-state index in [9.17, 15) is 4.79 Å². The highest BCUT2D eigenvalue weighted by Gasteiger charge is 2.10. The smallest absolute Gasteiger partial charge is 0.234 e. The van der Waals surface area contributed by atoms with Gasteiger partial charge in [0, 0.05) is 9.26 Å². The van der Waals surface area contributed by atoms with Gasteiger partial charge in [-0.05, 0) is 59.3 Å². The molecule has 0 unspecified atom stereocenters. The maximum absolute atomic E-state index is 12.1. The molecule has 1 aromatic heterocycles. The van der Waals surface area contributed by atoms with Gasteiger partial charge in [-0.2, -0.15) is 0 Å². The van der Waals surface area contributed by atoms with Gasteiger partial charge in [0.05, 0.1) is 11.4 Å². The highest BCUT2D eigenvalue weighted by atomic mass is 127. The Morgan fingerprint density at radius 2 is 2.04 bits per heavy atom. The van der Waals surface area contributed by atoms with E-state index in [0.29, 0.717) is 10.9 Å². The Bertz CT molecular complexity index is 884. The molecule has 0 aliphatic heterocycles. The fraction of sp³-hybridized carbons (Fsp3) is 0.118. The Labute approximate surface area is 167 Å². The van der Waals surface area contributed by atoms with Gasteiger partial charge in [-0.25, -0.2) is 0 Å². The fourth-order valence-electron chi connectivity index (χ4n) is 2.04. The number of halogens is 1. The molecule has 0 bridgehead atoms. The van der Waals surface area contributed by atoms with Gasteiger partial charge in [-0.15, -0.1) is 10.2 Å². The van der Waals surface area contributed by atoms with Gasteiger partial charge in [0.25, 0.3) is 0 Å². The molecule has 3 rings (SSSR count). The molecule has 3 aromatic rings. The number of hydrogen-bond donors (Lipinski definition) is 2. The molecule has 0 saturated heterocycles. The van der Waals surface area contributed by atoms with Gasteiger partial charge in [-0.3, -0.25) is 4.79 Å². The van der Waals surface area contributed by atoms with Crippen molar-refractivity contribution in [3.63, 3.8) is 0 Å². The van der Waals surface area contributed by atoms with Crippen molar-refractivity contribution in [2.45, 2.75) is 11.3 Å². The zero-order valence-electron chi connectivity index (χ0n) is 13.3. The second-order valence-corrected chi connectivity index (χ2v) is 8.55. The van der Waals surface area contributed by atoms with Crippen LogP contribution >= 0.6 is 45.7 Å². The molecule has 128 valence electrons. The van der Waals surface area contributed by atoms with Crippen molar-refractivity contribution < 1.29 is 4.79 Å². The van der Waals surface area contributed by atoms with Gasteiger partial charge in [-0.1, -0.05) is 47.4 Å². The van der Waals surface area contributed by atoms with Crippen LogP contribution in [-0.4, -0.2) is 21.9 Å². The van der Waals surface area contributed by atoms with E-state index in [4.69, 9.17) is 0 Å². The molecule has 0 aliphatic carbocycles. The molecule has 1 heterocycles. The number of hydrogen-bond acceptors (Lipinski definition) is 6. The lowest BCUT2D eigenvalue weighted by Crippen LogP contribution is -2.14. The maximum Gasteiger partial charge on any atom is 0.234 e. The number of rotatable bonds is 6. The average molecular weight is 482 g/mol. The predicted molar refractivity (Wildman–Crippen MR) is 113 cm³/mol. The Kier molecular flexibility index (Phi) is 6.27. The molecular formula is C17H15IN4OS2. The van der Waals surface area contributed by atoms with Crippen molar-refractivity contribution in [3.8, 4) is 0 Å². The van der Waals surface area contributed by atoms with Crippen LogP contribution in [0.1, 0.15) is 5.56 Å². The van der Waals surface area contributed by atoms with Crippen LogP contribution in [0.4, 0.5) is 16.5 Å². The predicted octanol–water partition coefficient (Wildman–Crippen LogP) is 4.93. The molecule has 2 aromatic carbocycles. The van der Waals surface area contributed by atoms with Gasteiger partial charge >= 0.3 is 0 Å². The molecule has 25 heavy (non-hydrogen) atoms. The number of nitrogens with one attached hydrogen (secondary N) is 2.